The molecule has 0 saturated heterocycles. The number of likely N-dealkylation sites (N-methyl/N-ethyl adjacent to an activating group) is 1. The van der Waals surface area contributed by atoms with Crippen molar-refractivity contribution >= 4 is 10.9 Å². The number of aryl methyl sites for hydroxylation is 1. The number of nitrogens with one attached hydrogen (secondary N) is 1. The molecule has 108 valence electrons. The number of ether oxygens (including phenoxy) is 1. The van der Waals surface area contributed by atoms with Gasteiger partial charge in [0.2, 0.25) is 0 Å². The third-order valence-electron chi connectivity index (χ3n) is 3.78. The summed E-state index contributed by atoms with van der Waals surface area (Å²) in [4.78, 5) is 4.55. The largest absolute Gasteiger partial charge is 0.379 e. The standard InChI is InChI=1S/C17H24N2O/c1-11(2)17(20-5)16(18-4)14-8-9-15-13(10-14)7-6-12(3)19-15/h6-11,16-18H,1-5H3. The number of hydrogen-bond donors (Lipinski definition) is 1. The summed E-state index contributed by atoms with van der Waals surface area (Å²) in [5.74, 6) is 0.448. The Kier molecular flexibility index (Phi) is 4.73. The molecule has 0 saturated carbocycles. The molecule has 3 nitrogen and oxygen atoms in total. The van der Waals surface area contributed by atoms with Crippen LogP contribution in [0.15, 0.2) is 30.3 Å². The van der Waals surface area contributed by atoms with Crippen LogP contribution in [0.4, 0.5) is 0 Å². The number of benzene rings is 1. The van der Waals surface area contributed by atoms with Crippen molar-refractivity contribution in [1.29, 1.82) is 0 Å². The predicted octanol–water partition coefficient (Wildman–Crippen LogP) is 3.47. The van der Waals surface area contributed by atoms with Gasteiger partial charge in [-0.15, -0.1) is 0 Å². The molecule has 1 N–H and O–H groups in total. The Balaban J connectivity index is 2.42. The molecule has 0 amide bonds. The van der Waals surface area contributed by atoms with Crippen LogP contribution in [-0.4, -0.2) is 25.2 Å². The monoisotopic (exact) mass is 272 g/mol. The van der Waals surface area contributed by atoms with Crippen molar-refractivity contribution in [3.8, 4) is 0 Å². The zero-order valence-corrected chi connectivity index (χ0v) is 13.0. The van der Waals surface area contributed by atoms with Crippen LogP contribution in [0.1, 0.15) is 31.1 Å². The fourth-order valence-electron chi connectivity index (χ4n) is 2.75. The van der Waals surface area contributed by atoms with E-state index in [1.54, 1.807) is 7.11 Å². The van der Waals surface area contributed by atoms with Gasteiger partial charge in [-0.3, -0.25) is 4.98 Å². The smallest absolute Gasteiger partial charge is 0.0788 e. The van der Waals surface area contributed by atoms with Crippen LogP contribution in [0, 0.1) is 12.8 Å². The molecule has 2 unspecified atom stereocenters. The molecule has 2 rings (SSSR count). The van der Waals surface area contributed by atoms with E-state index in [4.69, 9.17) is 4.74 Å². The third kappa shape index (κ3) is 3.00. The number of fused-ring (bicyclic) bond motifs is 1. The minimum Gasteiger partial charge on any atom is -0.379 e. The molecular weight excluding hydrogens is 248 g/mol. The number of aromatic nitrogens is 1. The van der Waals surface area contributed by atoms with Crippen LogP contribution in [-0.2, 0) is 4.74 Å². The fraction of sp³-hybridized carbons (Fsp3) is 0.471. The van der Waals surface area contributed by atoms with Gasteiger partial charge in [0.05, 0.1) is 17.7 Å². The Morgan fingerprint density at radius 3 is 2.50 bits per heavy atom. The zero-order valence-electron chi connectivity index (χ0n) is 13.0. The fourth-order valence-corrected chi connectivity index (χ4v) is 2.75. The van der Waals surface area contributed by atoms with Crippen molar-refractivity contribution in [1.82, 2.24) is 10.3 Å². The minimum absolute atomic E-state index is 0.149. The van der Waals surface area contributed by atoms with Crippen molar-refractivity contribution in [2.24, 2.45) is 5.92 Å². The van der Waals surface area contributed by atoms with Gasteiger partial charge in [-0.1, -0.05) is 26.0 Å². The third-order valence-corrected chi connectivity index (χ3v) is 3.78. The Morgan fingerprint density at radius 1 is 1.15 bits per heavy atom. The molecule has 1 aromatic carbocycles. The molecule has 0 fully saturated rings. The van der Waals surface area contributed by atoms with Gasteiger partial charge in [-0.25, -0.2) is 0 Å². The summed E-state index contributed by atoms with van der Waals surface area (Å²) in [6, 6.07) is 10.8. The molecule has 2 atom stereocenters. The Bertz CT molecular complexity index is 580. The normalized spacial score (nSPS) is 14.7. The van der Waals surface area contributed by atoms with Crippen molar-refractivity contribution in [2.45, 2.75) is 32.9 Å². The van der Waals surface area contributed by atoms with Crippen LogP contribution in [0.2, 0.25) is 0 Å². The van der Waals surface area contributed by atoms with E-state index in [0.29, 0.717) is 5.92 Å². The minimum atomic E-state index is 0.149. The number of pyridine rings is 1. The maximum Gasteiger partial charge on any atom is 0.0788 e. The van der Waals surface area contributed by atoms with E-state index in [9.17, 15) is 0 Å². The highest BCUT2D eigenvalue weighted by molar-refractivity contribution is 5.79. The second-order valence-corrected chi connectivity index (χ2v) is 5.62. The van der Waals surface area contributed by atoms with Gasteiger partial charge in [0.15, 0.2) is 0 Å². The van der Waals surface area contributed by atoms with Gasteiger partial charge in [0, 0.05) is 18.2 Å². The van der Waals surface area contributed by atoms with Crippen molar-refractivity contribution in [3.05, 3.63) is 41.6 Å². The lowest BCUT2D eigenvalue weighted by Crippen LogP contribution is -2.34. The molecule has 0 spiro atoms. The summed E-state index contributed by atoms with van der Waals surface area (Å²) in [5.41, 5.74) is 3.33. The quantitative estimate of drug-likeness (QED) is 0.905. The summed E-state index contributed by atoms with van der Waals surface area (Å²) in [5, 5.41) is 4.55. The highest BCUT2D eigenvalue weighted by atomic mass is 16.5. The molecule has 1 aromatic heterocycles. The van der Waals surface area contributed by atoms with E-state index in [1.807, 2.05) is 14.0 Å². The van der Waals surface area contributed by atoms with Crippen LogP contribution in [0.3, 0.4) is 0 Å². The maximum atomic E-state index is 5.67. The number of nitrogens with zero attached hydrogens (tertiary/aromatic N) is 1. The van der Waals surface area contributed by atoms with Crippen LogP contribution < -0.4 is 5.32 Å². The number of methoxy groups -OCH3 is 1. The lowest BCUT2D eigenvalue weighted by molar-refractivity contribution is 0.0349. The molecule has 0 radical (unpaired) electrons. The lowest BCUT2D eigenvalue weighted by Gasteiger charge is -2.29. The first-order valence-electron chi connectivity index (χ1n) is 7.14. The molecule has 1 heterocycles. The van der Waals surface area contributed by atoms with Gasteiger partial charge in [0.25, 0.3) is 0 Å². The Hall–Kier alpha value is -1.45. The molecule has 2 aromatic rings. The van der Waals surface area contributed by atoms with E-state index in [-0.39, 0.29) is 12.1 Å². The SMILES string of the molecule is CNC(c1ccc2nc(C)ccc2c1)C(OC)C(C)C. The number of hydrogen-bond acceptors (Lipinski definition) is 3. The van der Waals surface area contributed by atoms with E-state index in [0.717, 1.165) is 11.2 Å². The van der Waals surface area contributed by atoms with Gasteiger partial charge < -0.3 is 10.1 Å². The average Bonchev–Trinajstić information content (AvgIpc) is 2.43. The first-order valence-corrected chi connectivity index (χ1v) is 7.14. The predicted molar refractivity (Wildman–Crippen MR) is 83.9 cm³/mol. The molecule has 0 bridgehead atoms. The van der Waals surface area contributed by atoms with Crippen molar-refractivity contribution < 1.29 is 4.74 Å². The average molecular weight is 272 g/mol. The second-order valence-electron chi connectivity index (χ2n) is 5.62. The van der Waals surface area contributed by atoms with E-state index in [2.05, 4.69) is 54.5 Å². The topological polar surface area (TPSA) is 34.2 Å². The first kappa shape index (κ1) is 14.9. The van der Waals surface area contributed by atoms with Crippen LogP contribution in [0.25, 0.3) is 10.9 Å². The molecule has 3 heteroatoms. The summed E-state index contributed by atoms with van der Waals surface area (Å²) < 4.78 is 5.67. The zero-order chi connectivity index (χ0) is 14.7. The molecule has 0 aliphatic rings. The van der Waals surface area contributed by atoms with Gasteiger partial charge in [0.1, 0.15) is 0 Å². The molecule has 0 aliphatic heterocycles. The van der Waals surface area contributed by atoms with Crippen LogP contribution >= 0.6 is 0 Å². The van der Waals surface area contributed by atoms with Crippen molar-refractivity contribution in [3.63, 3.8) is 0 Å². The summed E-state index contributed by atoms with van der Waals surface area (Å²) in [6.07, 6.45) is 0.149. The van der Waals surface area contributed by atoms with Crippen molar-refractivity contribution in [2.75, 3.05) is 14.2 Å². The Labute approximate surface area is 121 Å². The van der Waals surface area contributed by atoms with Gasteiger partial charge in [-0.05, 0) is 43.7 Å². The van der Waals surface area contributed by atoms with Crippen LogP contribution in [0.5, 0.6) is 0 Å². The summed E-state index contributed by atoms with van der Waals surface area (Å²) >= 11 is 0. The first-order chi connectivity index (χ1) is 9.56. The number of rotatable bonds is 5. The lowest BCUT2D eigenvalue weighted by atomic mass is 9.92. The highest BCUT2D eigenvalue weighted by Crippen LogP contribution is 2.26. The molecule has 20 heavy (non-hydrogen) atoms. The summed E-state index contributed by atoms with van der Waals surface area (Å²) in [6.45, 7) is 6.39. The highest BCUT2D eigenvalue weighted by Gasteiger charge is 2.24. The van der Waals surface area contributed by atoms with E-state index < -0.39 is 0 Å². The molecule has 0 aliphatic carbocycles. The van der Waals surface area contributed by atoms with E-state index >= 15 is 0 Å². The van der Waals surface area contributed by atoms with Gasteiger partial charge >= 0.3 is 0 Å². The molecular formula is C17H24N2O. The Morgan fingerprint density at radius 2 is 1.90 bits per heavy atom. The van der Waals surface area contributed by atoms with Gasteiger partial charge in [-0.2, -0.15) is 0 Å². The van der Waals surface area contributed by atoms with E-state index in [1.165, 1.54) is 10.9 Å². The maximum absolute atomic E-state index is 5.67. The second kappa shape index (κ2) is 6.33. The summed E-state index contributed by atoms with van der Waals surface area (Å²) in [7, 11) is 3.76.